The van der Waals surface area contributed by atoms with Crippen molar-refractivity contribution < 1.29 is 9.59 Å². The second-order valence-corrected chi connectivity index (χ2v) is 6.15. The maximum absolute atomic E-state index is 11.6. The number of amides is 2. The van der Waals surface area contributed by atoms with E-state index in [0.29, 0.717) is 0 Å². The number of halogens is 1. The third kappa shape index (κ3) is 10.4. The Kier molecular flexibility index (Phi) is 8.23. The molecule has 0 aromatic carbocycles. The van der Waals surface area contributed by atoms with Gasteiger partial charge >= 0.3 is 0 Å². The summed E-state index contributed by atoms with van der Waals surface area (Å²) in [4.78, 5) is 22.5. The van der Waals surface area contributed by atoms with Gasteiger partial charge in [-0.25, -0.2) is 0 Å². The Morgan fingerprint density at radius 1 is 1.06 bits per heavy atom. The van der Waals surface area contributed by atoms with Gasteiger partial charge in [0.2, 0.25) is 11.8 Å². The van der Waals surface area contributed by atoms with Crippen LogP contribution in [0.4, 0.5) is 0 Å². The van der Waals surface area contributed by atoms with E-state index in [1.807, 2.05) is 13.8 Å². The molecule has 0 radical (unpaired) electrons. The standard InChI is InChI=1S/C12H25N3O2.ClH/c1-11(2,3)8-12(4,5)15-10(17)7-14-9(16)6-13;/h6-8,13H2,1-5H3,(H,14,16)(H,15,17);1H. The van der Waals surface area contributed by atoms with Crippen LogP contribution in [0.1, 0.15) is 41.0 Å². The van der Waals surface area contributed by atoms with Crippen LogP contribution in [0.5, 0.6) is 0 Å². The zero-order valence-corrected chi connectivity index (χ0v) is 12.7. The van der Waals surface area contributed by atoms with Crippen LogP contribution in [0.3, 0.4) is 0 Å². The smallest absolute Gasteiger partial charge is 0.239 e. The van der Waals surface area contributed by atoms with E-state index in [0.717, 1.165) is 6.42 Å². The molecule has 0 bridgehead atoms. The number of hydrogen-bond acceptors (Lipinski definition) is 3. The fraction of sp³-hybridized carbons (Fsp3) is 0.833. The highest BCUT2D eigenvalue weighted by Crippen LogP contribution is 2.26. The largest absolute Gasteiger partial charge is 0.350 e. The molecule has 6 heteroatoms. The van der Waals surface area contributed by atoms with E-state index in [-0.39, 0.29) is 48.3 Å². The van der Waals surface area contributed by atoms with Crippen LogP contribution in [-0.2, 0) is 9.59 Å². The lowest BCUT2D eigenvalue weighted by molar-refractivity contribution is -0.126. The summed E-state index contributed by atoms with van der Waals surface area (Å²) in [5, 5.41) is 5.34. The highest BCUT2D eigenvalue weighted by Gasteiger charge is 2.26. The molecule has 0 saturated heterocycles. The van der Waals surface area contributed by atoms with E-state index in [1.54, 1.807) is 0 Å². The summed E-state index contributed by atoms with van der Waals surface area (Å²) >= 11 is 0. The molecule has 0 atom stereocenters. The van der Waals surface area contributed by atoms with Crippen molar-refractivity contribution in [3.05, 3.63) is 0 Å². The fourth-order valence-electron chi connectivity index (χ4n) is 2.04. The topological polar surface area (TPSA) is 84.2 Å². The van der Waals surface area contributed by atoms with Crippen LogP contribution in [0.2, 0.25) is 0 Å². The highest BCUT2D eigenvalue weighted by molar-refractivity contribution is 5.86. The van der Waals surface area contributed by atoms with Crippen LogP contribution in [0.15, 0.2) is 0 Å². The van der Waals surface area contributed by atoms with Crippen molar-refractivity contribution in [2.24, 2.45) is 11.1 Å². The summed E-state index contributed by atoms with van der Waals surface area (Å²) < 4.78 is 0. The molecule has 0 aliphatic heterocycles. The van der Waals surface area contributed by atoms with Gasteiger partial charge in [-0.3, -0.25) is 9.59 Å². The Morgan fingerprint density at radius 2 is 1.56 bits per heavy atom. The number of carbonyl (C=O) groups excluding carboxylic acids is 2. The Labute approximate surface area is 116 Å². The summed E-state index contributed by atoms with van der Waals surface area (Å²) in [7, 11) is 0. The van der Waals surface area contributed by atoms with Crippen LogP contribution < -0.4 is 16.4 Å². The van der Waals surface area contributed by atoms with Gasteiger partial charge in [-0.15, -0.1) is 12.4 Å². The average Bonchev–Trinajstić information content (AvgIpc) is 2.09. The Balaban J connectivity index is 0. The summed E-state index contributed by atoms with van der Waals surface area (Å²) in [6, 6.07) is 0. The first-order chi connectivity index (χ1) is 7.56. The van der Waals surface area contributed by atoms with Crippen molar-refractivity contribution in [3.63, 3.8) is 0 Å². The predicted octanol–water partition coefficient (Wildman–Crippen LogP) is 0.814. The first kappa shape index (κ1) is 19.5. The number of hydrogen-bond donors (Lipinski definition) is 3. The van der Waals surface area contributed by atoms with E-state index in [1.165, 1.54) is 0 Å². The van der Waals surface area contributed by atoms with Crippen molar-refractivity contribution >= 4 is 24.2 Å². The molecule has 0 aliphatic carbocycles. The molecule has 108 valence electrons. The molecule has 0 saturated carbocycles. The normalized spacial score (nSPS) is 11.4. The van der Waals surface area contributed by atoms with Crippen LogP contribution in [0.25, 0.3) is 0 Å². The fourth-order valence-corrected chi connectivity index (χ4v) is 2.04. The third-order valence-corrected chi connectivity index (χ3v) is 2.08. The summed E-state index contributed by atoms with van der Waals surface area (Å²) in [5.74, 6) is -0.519. The minimum Gasteiger partial charge on any atom is -0.350 e. The van der Waals surface area contributed by atoms with Crippen molar-refractivity contribution in [2.75, 3.05) is 13.1 Å². The quantitative estimate of drug-likeness (QED) is 0.696. The maximum atomic E-state index is 11.6. The second kappa shape index (κ2) is 7.59. The van der Waals surface area contributed by atoms with Gasteiger partial charge in [0.1, 0.15) is 0 Å². The zero-order chi connectivity index (χ0) is 13.7. The number of rotatable bonds is 5. The van der Waals surface area contributed by atoms with Crippen molar-refractivity contribution in [1.29, 1.82) is 0 Å². The molecule has 5 nitrogen and oxygen atoms in total. The zero-order valence-electron chi connectivity index (χ0n) is 11.9. The van der Waals surface area contributed by atoms with Crippen LogP contribution >= 0.6 is 12.4 Å². The molecule has 0 fully saturated rings. The van der Waals surface area contributed by atoms with E-state index in [9.17, 15) is 9.59 Å². The summed E-state index contributed by atoms with van der Waals surface area (Å²) in [6.45, 7) is 10.2. The molecule has 0 spiro atoms. The molecular weight excluding hydrogens is 254 g/mol. The SMILES string of the molecule is CC(C)(C)CC(C)(C)NC(=O)CNC(=O)CN.Cl. The molecule has 18 heavy (non-hydrogen) atoms. The Morgan fingerprint density at radius 3 is 1.94 bits per heavy atom. The maximum Gasteiger partial charge on any atom is 0.239 e. The lowest BCUT2D eigenvalue weighted by Crippen LogP contribution is -2.49. The summed E-state index contributed by atoms with van der Waals surface area (Å²) in [6.07, 6.45) is 0.858. The average molecular weight is 280 g/mol. The van der Waals surface area contributed by atoms with E-state index in [4.69, 9.17) is 5.73 Å². The Bertz CT molecular complexity index is 286. The van der Waals surface area contributed by atoms with E-state index in [2.05, 4.69) is 31.4 Å². The van der Waals surface area contributed by atoms with Gasteiger partial charge in [0.15, 0.2) is 0 Å². The first-order valence-electron chi connectivity index (χ1n) is 5.83. The van der Waals surface area contributed by atoms with Crippen molar-refractivity contribution in [2.45, 2.75) is 46.6 Å². The molecule has 0 aromatic rings. The van der Waals surface area contributed by atoms with E-state index >= 15 is 0 Å². The molecule has 0 aromatic heterocycles. The predicted molar refractivity (Wildman–Crippen MR) is 75.6 cm³/mol. The van der Waals surface area contributed by atoms with Crippen molar-refractivity contribution in [3.8, 4) is 0 Å². The number of nitrogens with one attached hydrogen (secondary N) is 2. The lowest BCUT2D eigenvalue weighted by atomic mass is 9.82. The van der Waals surface area contributed by atoms with Gasteiger partial charge in [-0.05, 0) is 25.7 Å². The van der Waals surface area contributed by atoms with Crippen LogP contribution in [-0.4, -0.2) is 30.4 Å². The molecule has 4 N–H and O–H groups in total. The number of carbonyl (C=O) groups is 2. The first-order valence-corrected chi connectivity index (χ1v) is 5.83. The van der Waals surface area contributed by atoms with E-state index < -0.39 is 0 Å². The highest BCUT2D eigenvalue weighted by atomic mass is 35.5. The van der Waals surface area contributed by atoms with Crippen LogP contribution in [0, 0.1) is 5.41 Å². The lowest BCUT2D eigenvalue weighted by Gasteiger charge is -2.33. The van der Waals surface area contributed by atoms with Gasteiger partial charge in [0.25, 0.3) is 0 Å². The number of nitrogens with two attached hydrogens (primary N) is 1. The minimum atomic E-state index is -0.325. The van der Waals surface area contributed by atoms with Gasteiger partial charge in [-0.1, -0.05) is 20.8 Å². The molecule has 2 amide bonds. The van der Waals surface area contributed by atoms with Gasteiger partial charge in [-0.2, -0.15) is 0 Å². The molecular formula is C12H26ClN3O2. The Hall–Kier alpha value is -0.810. The third-order valence-electron chi connectivity index (χ3n) is 2.08. The molecule has 0 aliphatic rings. The van der Waals surface area contributed by atoms with Gasteiger partial charge < -0.3 is 16.4 Å². The minimum absolute atomic E-state index is 0. The second-order valence-electron chi connectivity index (χ2n) is 6.15. The monoisotopic (exact) mass is 279 g/mol. The molecule has 0 unspecified atom stereocenters. The molecule has 0 rings (SSSR count). The van der Waals surface area contributed by atoms with Gasteiger partial charge in [0, 0.05) is 5.54 Å². The van der Waals surface area contributed by atoms with Crippen molar-refractivity contribution in [1.82, 2.24) is 10.6 Å². The van der Waals surface area contributed by atoms with Gasteiger partial charge in [0.05, 0.1) is 13.1 Å². The summed E-state index contributed by atoms with van der Waals surface area (Å²) in [5.41, 5.74) is 4.97. The molecule has 0 heterocycles.